The molecule has 0 N–H and O–H groups in total. The van der Waals surface area contributed by atoms with Gasteiger partial charge in [-0.05, 0) is 104 Å². The molecule has 0 amide bonds. The molecule has 3 saturated carbocycles. The largest absolute Gasteiger partial charge is 0.0973 e. The summed E-state index contributed by atoms with van der Waals surface area (Å²) in [5, 5.41) is 0.868. The normalized spacial score (nSPS) is 44.2. The summed E-state index contributed by atoms with van der Waals surface area (Å²) in [6, 6.07) is 0. The number of hydrogen-bond donors (Lipinski definition) is 0. The number of rotatable bonds is 7. The molecule has 0 aliphatic heterocycles. The van der Waals surface area contributed by atoms with Gasteiger partial charge in [0.25, 0.3) is 0 Å². The molecule has 0 nitrogen and oxygen atoms in total. The fraction of sp³-hybridized carbons (Fsp3) is 0.929. The van der Waals surface area contributed by atoms with E-state index in [9.17, 15) is 0 Å². The van der Waals surface area contributed by atoms with E-state index in [1.807, 2.05) is 16.4 Å². The molecule has 0 radical (unpaired) electrons. The van der Waals surface area contributed by atoms with E-state index in [2.05, 4.69) is 57.7 Å². The first-order valence-corrected chi connectivity index (χ1v) is 15.8. The minimum absolute atomic E-state index is 0.528. The molecular weight excluding hydrogens is 400 g/mol. The fourth-order valence-electron chi connectivity index (χ4n) is 8.87. The third-order valence-corrected chi connectivity index (χ3v) is 12.8. The molecule has 6 unspecified atom stereocenters. The van der Waals surface area contributed by atoms with Crippen LogP contribution in [0.1, 0.15) is 105 Å². The summed E-state index contributed by atoms with van der Waals surface area (Å²) in [7, 11) is 4.12. The maximum Gasteiger partial charge on any atom is 0.0189 e. The van der Waals surface area contributed by atoms with Crippen molar-refractivity contribution in [3.63, 3.8) is 0 Å². The second kappa shape index (κ2) is 9.36. The molecule has 0 saturated heterocycles. The van der Waals surface area contributed by atoms with Crippen LogP contribution < -0.4 is 0 Å². The van der Waals surface area contributed by atoms with Crippen LogP contribution in [0.4, 0.5) is 0 Å². The highest BCUT2D eigenvalue weighted by Gasteiger charge is 2.59. The Labute approximate surface area is 196 Å². The topological polar surface area (TPSA) is 0 Å². The molecule has 8 atom stereocenters. The first-order valence-electron chi connectivity index (χ1n) is 13.2. The van der Waals surface area contributed by atoms with E-state index < -0.39 is 0 Å². The summed E-state index contributed by atoms with van der Waals surface area (Å²) in [6.45, 7) is 12.8. The zero-order valence-electron chi connectivity index (χ0n) is 20.7. The molecule has 172 valence electrons. The third-order valence-electron chi connectivity index (χ3n) is 10.5. The Kier molecular flexibility index (Phi) is 7.36. The minimum Gasteiger partial charge on any atom is -0.0973 e. The predicted octanol–water partition coefficient (Wildman–Crippen LogP) is 9.41. The Bertz CT molecular complexity index is 624. The van der Waals surface area contributed by atoms with E-state index in [-0.39, 0.29) is 0 Å². The van der Waals surface area contributed by atoms with Gasteiger partial charge in [0, 0.05) is 5.25 Å². The number of allylic oxidation sites excluding steroid dienone is 2. The van der Waals surface area contributed by atoms with Crippen LogP contribution in [-0.2, 0) is 0 Å². The van der Waals surface area contributed by atoms with Crippen molar-refractivity contribution in [2.45, 2.75) is 110 Å². The van der Waals surface area contributed by atoms with Gasteiger partial charge < -0.3 is 0 Å². The smallest absolute Gasteiger partial charge is 0.0189 e. The van der Waals surface area contributed by atoms with Crippen LogP contribution in [0.25, 0.3) is 0 Å². The van der Waals surface area contributed by atoms with Crippen molar-refractivity contribution in [3.8, 4) is 0 Å². The van der Waals surface area contributed by atoms with Gasteiger partial charge in [-0.25, -0.2) is 0 Å². The van der Waals surface area contributed by atoms with E-state index in [1.54, 1.807) is 0 Å². The van der Waals surface area contributed by atoms with Crippen LogP contribution in [0.5, 0.6) is 0 Å². The second-order valence-electron chi connectivity index (χ2n) is 12.4. The molecule has 0 aromatic rings. The predicted molar refractivity (Wildman–Crippen MR) is 138 cm³/mol. The average molecular weight is 449 g/mol. The summed E-state index contributed by atoms with van der Waals surface area (Å²) in [5.41, 5.74) is 3.02. The summed E-state index contributed by atoms with van der Waals surface area (Å²) in [4.78, 5) is 0. The molecule has 0 spiro atoms. The monoisotopic (exact) mass is 448 g/mol. The lowest BCUT2D eigenvalue weighted by molar-refractivity contribution is -0.0497. The highest BCUT2D eigenvalue weighted by atomic mass is 33.1. The fourth-order valence-corrected chi connectivity index (χ4v) is 10.9. The highest BCUT2D eigenvalue weighted by Crippen LogP contribution is 2.67. The molecular formula is C28H48S2. The van der Waals surface area contributed by atoms with Gasteiger partial charge in [0.15, 0.2) is 0 Å². The zero-order valence-corrected chi connectivity index (χ0v) is 22.3. The second-order valence-corrected chi connectivity index (χ2v) is 15.2. The zero-order chi connectivity index (χ0) is 21.5. The first-order chi connectivity index (χ1) is 14.3. The molecule has 3 fully saturated rings. The summed E-state index contributed by atoms with van der Waals surface area (Å²) in [6.07, 6.45) is 21.1. The van der Waals surface area contributed by atoms with Crippen molar-refractivity contribution in [2.24, 2.45) is 46.3 Å². The minimum atomic E-state index is 0.528. The van der Waals surface area contributed by atoms with Crippen molar-refractivity contribution in [3.05, 3.63) is 11.6 Å². The van der Waals surface area contributed by atoms with Gasteiger partial charge in [-0.15, -0.1) is 0 Å². The molecule has 0 bridgehead atoms. The quantitative estimate of drug-likeness (QED) is 0.281. The van der Waals surface area contributed by atoms with E-state index in [1.165, 1.54) is 70.6 Å². The highest BCUT2D eigenvalue weighted by molar-refractivity contribution is 8.76. The van der Waals surface area contributed by atoms with Crippen LogP contribution in [0.15, 0.2) is 11.6 Å². The van der Waals surface area contributed by atoms with Gasteiger partial charge in [0.2, 0.25) is 0 Å². The van der Waals surface area contributed by atoms with E-state index in [4.69, 9.17) is 0 Å². The summed E-state index contributed by atoms with van der Waals surface area (Å²) in [5.74, 6) is 5.75. The molecule has 4 aliphatic carbocycles. The van der Waals surface area contributed by atoms with Crippen LogP contribution >= 0.6 is 21.6 Å². The Morgan fingerprint density at radius 1 is 1.00 bits per heavy atom. The van der Waals surface area contributed by atoms with Crippen molar-refractivity contribution in [1.29, 1.82) is 0 Å². The van der Waals surface area contributed by atoms with Crippen LogP contribution in [0.3, 0.4) is 0 Å². The lowest BCUT2D eigenvalue weighted by atomic mass is 9.47. The Morgan fingerprint density at radius 3 is 2.53 bits per heavy atom. The Hall–Kier alpha value is 0.440. The third kappa shape index (κ3) is 4.20. The number of fused-ring (bicyclic) bond motifs is 5. The lowest BCUT2D eigenvalue weighted by Gasteiger charge is -2.58. The molecule has 30 heavy (non-hydrogen) atoms. The van der Waals surface area contributed by atoms with Crippen LogP contribution in [0.2, 0.25) is 0 Å². The SMILES string of the molecule is CSSC1CC[C@@]2(C)C(=CCC3C4CCC(C(C)CCCC(C)C)[C@@]4(C)CCC32)C1. The molecule has 0 aromatic heterocycles. The molecule has 4 aliphatic rings. The summed E-state index contributed by atoms with van der Waals surface area (Å²) < 4.78 is 0. The van der Waals surface area contributed by atoms with Gasteiger partial charge in [0.1, 0.15) is 0 Å². The molecule has 0 heterocycles. The van der Waals surface area contributed by atoms with Crippen molar-refractivity contribution >= 4 is 21.6 Å². The molecule has 4 rings (SSSR count). The van der Waals surface area contributed by atoms with E-state index in [0.29, 0.717) is 10.8 Å². The maximum atomic E-state index is 2.76. The van der Waals surface area contributed by atoms with E-state index in [0.717, 1.165) is 40.8 Å². The van der Waals surface area contributed by atoms with Gasteiger partial charge in [-0.3, -0.25) is 0 Å². The van der Waals surface area contributed by atoms with Crippen LogP contribution in [-0.4, -0.2) is 11.5 Å². The first kappa shape index (κ1) is 23.6. The lowest BCUT2D eigenvalue weighted by Crippen LogP contribution is -2.50. The summed E-state index contributed by atoms with van der Waals surface area (Å²) >= 11 is 0. The Morgan fingerprint density at radius 2 is 1.80 bits per heavy atom. The van der Waals surface area contributed by atoms with Gasteiger partial charge >= 0.3 is 0 Å². The molecule has 2 heteroatoms. The van der Waals surface area contributed by atoms with E-state index >= 15 is 0 Å². The van der Waals surface area contributed by atoms with Crippen molar-refractivity contribution in [2.75, 3.05) is 6.26 Å². The molecule has 0 aromatic carbocycles. The van der Waals surface area contributed by atoms with Gasteiger partial charge in [-0.1, -0.05) is 87.1 Å². The van der Waals surface area contributed by atoms with Crippen molar-refractivity contribution < 1.29 is 0 Å². The average Bonchev–Trinajstić information content (AvgIpc) is 3.05. The number of hydrogen-bond acceptors (Lipinski definition) is 2. The standard InChI is InChI=1S/C28H48S2/c1-19(2)8-7-9-20(3)24-12-13-25-23-11-10-21-18-22(30-29-6)14-16-27(21,4)26(23)15-17-28(24,25)5/h10,19-20,22-26H,7-9,11-18H2,1-6H3/t20?,22?,23?,24?,25?,26?,27-,28+/m0/s1. The van der Waals surface area contributed by atoms with Crippen LogP contribution in [0, 0.1) is 46.3 Å². The Balaban J connectivity index is 1.47. The van der Waals surface area contributed by atoms with Gasteiger partial charge in [-0.2, -0.15) is 0 Å². The van der Waals surface area contributed by atoms with Crippen molar-refractivity contribution in [1.82, 2.24) is 0 Å². The maximum absolute atomic E-state index is 2.76. The van der Waals surface area contributed by atoms with Gasteiger partial charge in [0.05, 0.1) is 0 Å².